The van der Waals surface area contributed by atoms with Crippen molar-refractivity contribution in [3.8, 4) is 0 Å². The molecule has 0 atom stereocenters. The number of imidazole rings is 1. The number of nitrogens with zero attached hydrogens (tertiary/aromatic N) is 4. The van der Waals surface area contributed by atoms with E-state index in [1.807, 2.05) is 56.3 Å². The van der Waals surface area contributed by atoms with Crippen LogP contribution in [0, 0.1) is 0 Å². The molecule has 10 nitrogen and oxygen atoms in total. The van der Waals surface area contributed by atoms with Gasteiger partial charge in [0.15, 0.2) is 11.0 Å². The van der Waals surface area contributed by atoms with Crippen molar-refractivity contribution < 1.29 is 60.1 Å². The van der Waals surface area contributed by atoms with E-state index in [1.54, 1.807) is 0 Å². The van der Waals surface area contributed by atoms with E-state index in [0.717, 1.165) is 34.1 Å². The largest absolute Gasteiger partial charge is 1.00 e. The van der Waals surface area contributed by atoms with Crippen molar-refractivity contribution >= 4 is 95.1 Å². The summed E-state index contributed by atoms with van der Waals surface area (Å²) < 4.78 is 70.7. The molecule has 0 bridgehead atoms. The third kappa shape index (κ3) is 10.5. The molecule has 1 aromatic heterocycles. The number of rotatable bonds is 16. The van der Waals surface area contributed by atoms with Crippen LogP contribution in [-0.2, 0) is 33.3 Å². The molecule has 0 fully saturated rings. The van der Waals surface area contributed by atoms with Gasteiger partial charge in [-0.05, 0) is 64.2 Å². The van der Waals surface area contributed by atoms with Crippen molar-refractivity contribution in [1.29, 1.82) is 0 Å². The molecular weight excluding hydrogens is 753 g/mol. The van der Waals surface area contributed by atoms with E-state index in [2.05, 4.69) is 18.9 Å². The summed E-state index contributed by atoms with van der Waals surface area (Å²) in [6.07, 6.45) is 8.93. The van der Waals surface area contributed by atoms with Gasteiger partial charge < -0.3 is 18.9 Å². The van der Waals surface area contributed by atoms with Crippen LogP contribution in [0.5, 0.6) is 0 Å². The van der Waals surface area contributed by atoms with Crippen LogP contribution < -0.4 is 43.9 Å². The molecule has 3 aromatic rings. The van der Waals surface area contributed by atoms with E-state index in [9.17, 15) is 25.9 Å². The van der Waals surface area contributed by atoms with Crippen LogP contribution >= 0.6 is 46.4 Å². The molecule has 0 spiro atoms. The molecule has 0 saturated carbocycles. The van der Waals surface area contributed by atoms with Gasteiger partial charge in [-0.1, -0.05) is 58.9 Å². The smallest absolute Gasteiger partial charge is 0.748 e. The Kier molecular flexibility index (Phi) is 15.5. The second-order valence-corrected chi connectivity index (χ2v) is 15.9. The summed E-state index contributed by atoms with van der Waals surface area (Å²) in [5, 5.41) is 1.69. The Balaban J connectivity index is 0.00000625. The van der Waals surface area contributed by atoms with Crippen LogP contribution in [-0.4, -0.2) is 55.1 Å². The molecule has 1 aliphatic rings. The maximum Gasteiger partial charge on any atom is 1.00 e. The Morgan fingerprint density at radius 2 is 1.27 bits per heavy atom. The molecule has 4 rings (SSSR count). The monoisotopic (exact) mass is 788 g/mol. The fourth-order valence-corrected chi connectivity index (χ4v) is 7.61. The van der Waals surface area contributed by atoms with E-state index in [4.69, 9.17) is 46.4 Å². The molecule has 1 aliphatic heterocycles. The molecule has 0 amide bonds. The van der Waals surface area contributed by atoms with Crippen LogP contribution in [0.1, 0.15) is 58.2 Å². The van der Waals surface area contributed by atoms with Gasteiger partial charge in [-0.25, -0.2) is 26.0 Å². The fourth-order valence-electron chi connectivity index (χ4n) is 5.87. The van der Waals surface area contributed by atoms with Crippen LogP contribution in [0.15, 0.2) is 42.2 Å². The van der Waals surface area contributed by atoms with Gasteiger partial charge in [0.05, 0.1) is 64.8 Å². The third-order valence-corrected chi connectivity index (χ3v) is 11.0. The van der Waals surface area contributed by atoms with Gasteiger partial charge >= 0.3 is 29.6 Å². The maximum atomic E-state index is 11.1. The first-order valence-electron chi connectivity index (χ1n) is 15.4. The van der Waals surface area contributed by atoms with Crippen LogP contribution in [0.4, 0.5) is 11.4 Å². The van der Waals surface area contributed by atoms with Gasteiger partial charge in [0.2, 0.25) is 0 Å². The molecule has 0 N–H and O–H groups in total. The second kappa shape index (κ2) is 17.9. The number of aryl methyl sites for hydroxylation is 2. The van der Waals surface area contributed by atoms with Crippen molar-refractivity contribution in [2.45, 2.75) is 65.5 Å². The SMILES string of the molecule is CCN1C(=CC=Cc2n(CC)c3cc(Cl)c(Cl)cc3[n+]2CCCCCS(=O)(=O)[O-])N(CCCCCS(=O)(=O)[O-])c2cc(Cl)c(Cl)cc21.[Na+]. The van der Waals surface area contributed by atoms with E-state index >= 15 is 0 Å². The fraction of sp³-hybridized carbons (Fsp3) is 0.452. The summed E-state index contributed by atoms with van der Waals surface area (Å²) >= 11 is 25.7. The summed E-state index contributed by atoms with van der Waals surface area (Å²) in [7, 11) is -8.53. The zero-order valence-electron chi connectivity index (χ0n) is 27.1. The predicted octanol–water partition coefficient (Wildman–Crippen LogP) is 4.20. The maximum absolute atomic E-state index is 11.1. The minimum absolute atomic E-state index is 0. The van der Waals surface area contributed by atoms with Gasteiger partial charge in [-0.2, -0.15) is 0 Å². The average molecular weight is 791 g/mol. The van der Waals surface area contributed by atoms with Gasteiger partial charge in [-0.15, -0.1) is 0 Å². The number of benzene rings is 2. The van der Waals surface area contributed by atoms with Gasteiger partial charge in [0.1, 0.15) is 5.82 Å². The summed E-state index contributed by atoms with van der Waals surface area (Å²) in [5.74, 6) is 0.974. The first-order valence-corrected chi connectivity index (χ1v) is 20.0. The average Bonchev–Trinajstić information content (AvgIpc) is 3.42. The molecule has 0 unspecified atom stereocenters. The summed E-state index contributed by atoms with van der Waals surface area (Å²) in [6.45, 7) is 6.46. The second-order valence-electron chi connectivity index (χ2n) is 11.2. The van der Waals surface area contributed by atoms with E-state index in [-0.39, 0.29) is 42.4 Å². The zero-order chi connectivity index (χ0) is 34.5. The normalized spacial score (nSPS) is 14.5. The van der Waals surface area contributed by atoms with E-state index in [0.29, 0.717) is 72.0 Å². The molecule has 0 aliphatic carbocycles. The summed E-state index contributed by atoms with van der Waals surface area (Å²) in [6, 6.07) is 7.31. The minimum Gasteiger partial charge on any atom is -0.748 e. The summed E-state index contributed by atoms with van der Waals surface area (Å²) in [5.41, 5.74) is 3.54. The van der Waals surface area contributed by atoms with Crippen molar-refractivity contribution in [2.75, 3.05) is 34.4 Å². The number of anilines is 2. The Labute approximate surface area is 325 Å². The third-order valence-electron chi connectivity index (χ3n) is 7.98. The van der Waals surface area contributed by atoms with Gasteiger partial charge in [-0.3, -0.25) is 0 Å². The van der Waals surface area contributed by atoms with Gasteiger partial charge in [0.25, 0.3) is 5.82 Å². The predicted molar refractivity (Wildman–Crippen MR) is 189 cm³/mol. The van der Waals surface area contributed by atoms with E-state index in [1.165, 1.54) is 0 Å². The number of unbranched alkanes of at least 4 members (excludes halogenated alkanes) is 4. The first kappa shape index (κ1) is 41.4. The van der Waals surface area contributed by atoms with Crippen molar-refractivity contribution in [3.63, 3.8) is 0 Å². The molecule has 0 saturated heterocycles. The molecule has 2 aromatic carbocycles. The Hall–Kier alpha value is -1.03. The number of hydrogen-bond acceptors (Lipinski definition) is 8. The van der Waals surface area contributed by atoms with Crippen molar-refractivity contribution in [2.24, 2.45) is 0 Å². The van der Waals surface area contributed by atoms with E-state index < -0.39 is 31.7 Å². The zero-order valence-corrected chi connectivity index (χ0v) is 33.8. The molecule has 258 valence electrons. The number of hydrogen-bond donors (Lipinski definition) is 0. The van der Waals surface area contributed by atoms with Crippen LogP contribution in [0.2, 0.25) is 20.1 Å². The molecular formula is C31H37Cl4N4NaO6S2. The molecule has 0 radical (unpaired) electrons. The standard InChI is InChI=1S/C31H38Cl4N4O6S2.Na/c1-3-36-26-18-22(32)24(34)20-28(26)38(14-7-5-9-16-46(40,41)42)30(36)12-11-13-31-37(4-2)27-19-23(33)25(35)21-29(27)39(31)15-8-6-10-17-47(43,44)45;/h11-13,18-21H,3-10,14-17H2,1-2H3,(H-,40,41,42,43,44,45);/q;+1/p-1. The number of halogens is 4. The van der Waals surface area contributed by atoms with Crippen molar-refractivity contribution in [1.82, 2.24) is 4.57 Å². The Bertz CT molecular complexity index is 1900. The first-order chi connectivity index (χ1) is 22.1. The van der Waals surface area contributed by atoms with Crippen LogP contribution in [0.25, 0.3) is 17.1 Å². The van der Waals surface area contributed by atoms with Crippen molar-refractivity contribution in [3.05, 3.63) is 68.2 Å². The molecule has 2 heterocycles. The van der Waals surface area contributed by atoms with Gasteiger partial charge in [0, 0.05) is 42.8 Å². The number of fused-ring (bicyclic) bond motifs is 2. The Morgan fingerprint density at radius 1 is 0.729 bits per heavy atom. The summed E-state index contributed by atoms with van der Waals surface area (Å²) in [4.78, 5) is 4.24. The molecule has 17 heteroatoms. The van der Waals surface area contributed by atoms with Crippen LogP contribution in [0.3, 0.4) is 0 Å². The number of allylic oxidation sites excluding steroid dienone is 2. The Morgan fingerprint density at radius 3 is 1.83 bits per heavy atom. The molecule has 48 heavy (non-hydrogen) atoms. The quantitative estimate of drug-likeness (QED) is 0.0915. The number of aromatic nitrogens is 2. The minimum atomic E-state index is -4.26. The topological polar surface area (TPSA) is 130 Å².